The van der Waals surface area contributed by atoms with Gasteiger partial charge in [0.05, 0.1) is 32.7 Å². The van der Waals surface area contributed by atoms with Crippen molar-refractivity contribution in [2.24, 2.45) is 10.1 Å². The predicted octanol–water partition coefficient (Wildman–Crippen LogP) is 6.03. The van der Waals surface area contributed by atoms with Gasteiger partial charge in [-0.05, 0) is 45.8 Å². The van der Waals surface area contributed by atoms with Gasteiger partial charge in [0.1, 0.15) is 0 Å². The summed E-state index contributed by atoms with van der Waals surface area (Å²) in [4.78, 5) is 6.02. The molecule has 0 saturated heterocycles. The quantitative estimate of drug-likeness (QED) is 0.321. The number of thiophene rings is 1. The summed E-state index contributed by atoms with van der Waals surface area (Å²) in [5.74, 6) is 0. The van der Waals surface area contributed by atoms with Crippen LogP contribution in [0.5, 0.6) is 0 Å². The smallest absolute Gasteiger partial charge is 0.253 e. The van der Waals surface area contributed by atoms with E-state index in [1.54, 1.807) is 16.8 Å². The minimum atomic E-state index is -4.39. The fourth-order valence-electron chi connectivity index (χ4n) is 2.20. The molecule has 3 rings (SSSR count). The average Bonchev–Trinajstić information content (AvgIpc) is 3.23. The van der Waals surface area contributed by atoms with E-state index in [-0.39, 0.29) is 0 Å². The van der Waals surface area contributed by atoms with Crippen LogP contribution in [0.2, 0.25) is 0 Å². The Morgan fingerprint density at radius 1 is 1.22 bits per heavy atom. The number of hydrogen-bond donors (Lipinski definition) is 0. The number of hydrogen-bond acceptors (Lipinski definition) is 4. The Morgan fingerprint density at radius 3 is 2.70 bits per heavy atom. The Hall–Kier alpha value is -1.97. The van der Waals surface area contributed by atoms with Gasteiger partial charge in [-0.3, -0.25) is 4.99 Å². The maximum atomic E-state index is 12.9. The number of halogens is 4. The molecule has 0 spiro atoms. The molecule has 0 N–H and O–H groups in total. The lowest BCUT2D eigenvalue weighted by Crippen LogP contribution is -2.12. The summed E-state index contributed by atoms with van der Waals surface area (Å²) in [5.41, 5.74) is 0.471. The van der Waals surface area contributed by atoms with Crippen molar-refractivity contribution in [3.63, 3.8) is 0 Å². The molecule has 140 valence electrons. The fourth-order valence-corrected chi connectivity index (χ4v) is 4.50. The predicted molar refractivity (Wildman–Crippen MR) is 108 cm³/mol. The summed E-state index contributed by atoms with van der Waals surface area (Å²) in [7, 11) is 0. The standard InChI is InChI=1S/C18H13BrF3N3S2/c1-2-8-23-17-25(14(11-26-17)15-6-7-16(19)27-15)24-10-12-4-3-5-13(9-12)18(20,21)22/h2-7,9-11H,1,8H2/b23-17?,24-10-. The summed E-state index contributed by atoms with van der Waals surface area (Å²) in [6.07, 6.45) is -1.32. The van der Waals surface area contributed by atoms with Gasteiger partial charge >= 0.3 is 6.18 Å². The van der Waals surface area contributed by atoms with Crippen LogP contribution in [0.25, 0.3) is 10.6 Å². The highest BCUT2D eigenvalue weighted by Gasteiger charge is 2.30. The number of nitrogens with zero attached hydrogens (tertiary/aromatic N) is 3. The Kier molecular flexibility index (Phi) is 6.13. The van der Waals surface area contributed by atoms with E-state index in [9.17, 15) is 13.2 Å². The van der Waals surface area contributed by atoms with Crippen molar-refractivity contribution in [2.75, 3.05) is 6.54 Å². The molecule has 0 unspecified atom stereocenters. The van der Waals surface area contributed by atoms with Gasteiger partial charge in [0.25, 0.3) is 0 Å². The van der Waals surface area contributed by atoms with E-state index < -0.39 is 11.7 Å². The zero-order valence-electron chi connectivity index (χ0n) is 13.8. The van der Waals surface area contributed by atoms with Gasteiger partial charge in [-0.15, -0.1) is 29.3 Å². The number of rotatable bonds is 5. The number of aromatic nitrogens is 1. The number of thiazole rings is 1. The minimum Gasteiger partial charge on any atom is -0.253 e. The number of benzene rings is 1. The van der Waals surface area contributed by atoms with Crippen LogP contribution in [0, 0.1) is 0 Å². The molecule has 0 aliphatic carbocycles. The Labute approximate surface area is 170 Å². The monoisotopic (exact) mass is 471 g/mol. The van der Waals surface area contributed by atoms with Crippen molar-refractivity contribution in [1.29, 1.82) is 0 Å². The van der Waals surface area contributed by atoms with E-state index in [4.69, 9.17) is 0 Å². The van der Waals surface area contributed by atoms with E-state index >= 15 is 0 Å². The van der Waals surface area contributed by atoms with Crippen LogP contribution in [-0.4, -0.2) is 17.4 Å². The lowest BCUT2D eigenvalue weighted by atomic mass is 10.1. The molecule has 2 aromatic heterocycles. The van der Waals surface area contributed by atoms with Crippen molar-refractivity contribution in [3.8, 4) is 10.6 Å². The summed E-state index contributed by atoms with van der Waals surface area (Å²) >= 11 is 6.38. The highest BCUT2D eigenvalue weighted by molar-refractivity contribution is 9.11. The molecule has 0 fully saturated rings. The second-order valence-electron chi connectivity index (χ2n) is 5.32. The Balaban J connectivity index is 2.04. The SMILES string of the molecule is C=CCN=c1scc(-c2ccc(Br)s2)n1/N=C\c1cccc(C(F)(F)F)c1. The third-order valence-electron chi connectivity index (χ3n) is 3.40. The molecule has 0 aliphatic heterocycles. The van der Waals surface area contributed by atoms with E-state index in [0.29, 0.717) is 16.9 Å². The van der Waals surface area contributed by atoms with Crippen molar-refractivity contribution in [3.05, 3.63) is 74.1 Å². The van der Waals surface area contributed by atoms with Gasteiger partial charge in [-0.25, -0.2) is 4.68 Å². The van der Waals surface area contributed by atoms with Gasteiger partial charge < -0.3 is 0 Å². The van der Waals surface area contributed by atoms with Gasteiger partial charge in [-0.1, -0.05) is 18.2 Å². The largest absolute Gasteiger partial charge is 0.416 e. The van der Waals surface area contributed by atoms with Gasteiger partial charge in [-0.2, -0.15) is 18.3 Å². The molecule has 27 heavy (non-hydrogen) atoms. The maximum Gasteiger partial charge on any atom is 0.416 e. The molecular weight excluding hydrogens is 459 g/mol. The first-order chi connectivity index (χ1) is 12.9. The van der Waals surface area contributed by atoms with Gasteiger partial charge in [0.15, 0.2) is 0 Å². The highest BCUT2D eigenvalue weighted by atomic mass is 79.9. The van der Waals surface area contributed by atoms with E-state index in [1.807, 2.05) is 17.5 Å². The van der Waals surface area contributed by atoms with Crippen LogP contribution in [0.4, 0.5) is 13.2 Å². The van der Waals surface area contributed by atoms with Crippen LogP contribution < -0.4 is 4.80 Å². The molecule has 0 amide bonds. The summed E-state index contributed by atoms with van der Waals surface area (Å²) in [5, 5.41) is 6.32. The van der Waals surface area contributed by atoms with Crippen molar-refractivity contribution < 1.29 is 13.2 Å². The van der Waals surface area contributed by atoms with Crippen molar-refractivity contribution in [2.45, 2.75) is 6.18 Å². The lowest BCUT2D eigenvalue weighted by molar-refractivity contribution is -0.137. The second kappa shape index (κ2) is 8.37. The second-order valence-corrected chi connectivity index (χ2v) is 8.62. The van der Waals surface area contributed by atoms with Crippen molar-refractivity contribution >= 4 is 44.8 Å². The molecule has 3 aromatic rings. The minimum absolute atomic E-state index is 0.358. The first kappa shape index (κ1) is 19.8. The fraction of sp³-hybridized carbons (Fsp3) is 0.111. The molecule has 2 heterocycles. The molecular formula is C18H13BrF3N3S2. The molecule has 0 saturated carbocycles. The summed E-state index contributed by atoms with van der Waals surface area (Å²) in [6.45, 7) is 4.08. The zero-order chi connectivity index (χ0) is 19.4. The molecule has 9 heteroatoms. The molecule has 0 bridgehead atoms. The third kappa shape index (κ3) is 4.85. The number of alkyl halides is 3. The van der Waals surface area contributed by atoms with Gasteiger partial charge in [0.2, 0.25) is 4.80 Å². The summed E-state index contributed by atoms with van der Waals surface area (Å²) in [6, 6.07) is 8.92. The normalized spacial score (nSPS) is 12.8. The zero-order valence-corrected chi connectivity index (χ0v) is 17.0. The maximum absolute atomic E-state index is 12.9. The third-order valence-corrected chi connectivity index (χ3v) is 5.90. The Bertz CT molecular complexity index is 1040. The van der Waals surface area contributed by atoms with Crippen LogP contribution >= 0.6 is 38.6 Å². The Morgan fingerprint density at radius 2 is 2.04 bits per heavy atom. The van der Waals surface area contributed by atoms with E-state index in [1.165, 1.54) is 35.0 Å². The van der Waals surface area contributed by atoms with E-state index in [2.05, 4.69) is 32.6 Å². The van der Waals surface area contributed by atoms with Gasteiger partial charge in [0, 0.05) is 5.38 Å². The average molecular weight is 472 g/mol. The lowest BCUT2D eigenvalue weighted by Gasteiger charge is -2.06. The molecule has 0 aliphatic rings. The first-order valence-corrected chi connectivity index (χ1v) is 10.2. The highest BCUT2D eigenvalue weighted by Crippen LogP contribution is 2.32. The first-order valence-electron chi connectivity index (χ1n) is 7.68. The molecule has 0 atom stereocenters. The van der Waals surface area contributed by atoms with Crippen LogP contribution in [-0.2, 0) is 6.18 Å². The van der Waals surface area contributed by atoms with E-state index in [0.717, 1.165) is 26.5 Å². The van der Waals surface area contributed by atoms with Crippen LogP contribution in [0.3, 0.4) is 0 Å². The molecule has 1 aromatic carbocycles. The van der Waals surface area contributed by atoms with Crippen LogP contribution in [0.15, 0.2) is 68.3 Å². The van der Waals surface area contributed by atoms with Crippen LogP contribution in [0.1, 0.15) is 11.1 Å². The molecule has 0 radical (unpaired) electrons. The topological polar surface area (TPSA) is 29.6 Å². The van der Waals surface area contributed by atoms with Crippen molar-refractivity contribution in [1.82, 2.24) is 4.68 Å². The summed E-state index contributed by atoms with van der Waals surface area (Å²) < 4.78 is 41.3. The molecule has 3 nitrogen and oxygen atoms in total.